The van der Waals surface area contributed by atoms with Crippen molar-refractivity contribution in [2.45, 2.75) is 13.5 Å². The molecule has 160 valence electrons. The molecule has 4 aromatic rings. The van der Waals surface area contributed by atoms with Gasteiger partial charge in [-0.05, 0) is 55.0 Å². The van der Waals surface area contributed by atoms with Crippen molar-refractivity contribution in [1.82, 2.24) is 15.3 Å². The second kappa shape index (κ2) is 9.08. The van der Waals surface area contributed by atoms with Gasteiger partial charge in [-0.25, -0.2) is 4.98 Å². The molecule has 1 heterocycles. The van der Waals surface area contributed by atoms with E-state index in [0.29, 0.717) is 33.7 Å². The van der Waals surface area contributed by atoms with Crippen LogP contribution in [-0.4, -0.2) is 21.0 Å². The summed E-state index contributed by atoms with van der Waals surface area (Å²) in [5.74, 6) is -0.358. The van der Waals surface area contributed by atoms with Crippen molar-refractivity contribution >= 4 is 40.4 Å². The van der Waals surface area contributed by atoms with Crippen LogP contribution >= 0.6 is 11.6 Å². The Kier molecular flexibility index (Phi) is 6.05. The summed E-state index contributed by atoms with van der Waals surface area (Å²) in [7, 11) is 0. The van der Waals surface area contributed by atoms with E-state index in [4.69, 9.17) is 11.6 Å². The number of fused-ring (bicyclic) bond motifs is 1. The van der Waals surface area contributed by atoms with Crippen LogP contribution in [-0.2, 0) is 6.54 Å². The fraction of sp³-hybridized carbons (Fsp3) is 0.0800. The Morgan fingerprint density at radius 3 is 2.47 bits per heavy atom. The van der Waals surface area contributed by atoms with Crippen molar-refractivity contribution in [3.63, 3.8) is 0 Å². The van der Waals surface area contributed by atoms with Crippen LogP contribution < -0.4 is 10.9 Å². The second-order valence-corrected chi connectivity index (χ2v) is 7.82. The summed E-state index contributed by atoms with van der Waals surface area (Å²) in [6.07, 6.45) is 1.30. The molecule has 0 radical (unpaired) electrons. The number of carbonyl (C=O) groups excluding carboxylic acids is 1. The number of halogens is 1. The Balaban J connectivity index is 1.55. The first kappa shape index (κ1) is 21.3. The first-order valence-corrected chi connectivity index (χ1v) is 10.3. The molecule has 6 nitrogen and oxygen atoms in total. The normalized spacial score (nSPS) is 11.5. The van der Waals surface area contributed by atoms with E-state index in [9.17, 15) is 14.7 Å². The lowest BCUT2D eigenvalue weighted by atomic mass is 10.1. The Hall–Kier alpha value is -3.90. The van der Waals surface area contributed by atoms with E-state index in [1.807, 2.05) is 31.2 Å². The minimum atomic E-state index is -0.477. The highest BCUT2D eigenvalue weighted by Gasteiger charge is 2.10. The summed E-state index contributed by atoms with van der Waals surface area (Å²) in [6, 6.07) is 19.4. The van der Waals surface area contributed by atoms with Crippen molar-refractivity contribution in [1.29, 1.82) is 0 Å². The van der Waals surface area contributed by atoms with Gasteiger partial charge in [-0.1, -0.05) is 41.4 Å². The standard InChI is InChI=1S/C25H20ClN3O3/c1-15-2-4-16(5-3-15)14-27-24(31)18-8-11-20-21(12-18)29-25(32)22(28-20)13-23(30)17-6-9-19(26)10-7-17/h2-13,30H,14H2,1H3,(H,27,31)(H,29,32). The lowest BCUT2D eigenvalue weighted by molar-refractivity contribution is 0.0951. The number of benzene rings is 3. The molecular weight excluding hydrogens is 426 g/mol. The molecule has 0 atom stereocenters. The van der Waals surface area contributed by atoms with Crippen LogP contribution in [0.15, 0.2) is 71.5 Å². The monoisotopic (exact) mass is 445 g/mol. The minimum Gasteiger partial charge on any atom is -0.507 e. The number of hydrogen-bond donors (Lipinski definition) is 3. The molecule has 0 aliphatic heterocycles. The zero-order valence-corrected chi connectivity index (χ0v) is 18.0. The van der Waals surface area contributed by atoms with Gasteiger partial charge in [-0.15, -0.1) is 0 Å². The molecule has 3 N–H and O–H groups in total. The SMILES string of the molecule is Cc1ccc(CNC(=O)c2ccc3nc(C=C(O)c4ccc(Cl)cc4)c(=O)[nH]c3c2)cc1. The number of rotatable bonds is 5. The van der Waals surface area contributed by atoms with Gasteiger partial charge in [0.05, 0.1) is 11.0 Å². The van der Waals surface area contributed by atoms with E-state index in [2.05, 4.69) is 15.3 Å². The van der Waals surface area contributed by atoms with Crippen LogP contribution in [0.1, 0.15) is 32.7 Å². The first-order valence-electron chi connectivity index (χ1n) is 9.93. The third-order valence-electron chi connectivity index (χ3n) is 4.97. The average molecular weight is 446 g/mol. The van der Waals surface area contributed by atoms with Crippen molar-refractivity contribution in [3.8, 4) is 0 Å². The number of aromatic amines is 1. The molecule has 0 saturated heterocycles. The molecule has 0 spiro atoms. The maximum Gasteiger partial charge on any atom is 0.274 e. The third-order valence-corrected chi connectivity index (χ3v) is 5.22. The van der Waals surface area contributed by atoms with Gasteiger partial charge in [0.15, 0.2) is 0 Å². The Morgan fingerprint density at radius 2 is 1.75 bits per heavy atom. The highest BCUT2D eigenvalue weighted by Crippen LogP contribution is 2.18. The van der Waals surface area contributed by atoms with Crippen LogP contribution in [0.3, 0.4) is 0 Å². The van der Waals surface area contributed by atoms with E-state index in [1.165, 1.54) is 6.08 Å². The highest BCUT2D eigenvalue weighted by atomic mass is 35.5. The van der Waals surface area contributed by atoms with Crippen molar-refractivity contribution in [2.75, 3.05) is 0 Å². The number of amides is 1. The molecule has 0 aliphatic carbocycles. The van der Waals surface area contributed by atoms with Crippen LogP contribution in [0.2, 0.25) is 5.02 Å². The van der Waals surface area contributed by atoms with E-state index >= 15 is 0 Å². The third kappa shape index (κ3) is 4.87. The van der Waals surface area contributed by atoms with Crippen LogP contribution in [0, 0.1) is 6.92 Å². The topological polar surface area (TPSA) is 95.1 Å². The van der Waals surface area contributed by atoms with Crippen LogP contribution in [0.4, 0.5) is 0 Å². The quantitative estimate of drug-likeness (QED) is 0.382. The Labute approximate surface area is 189 Å². The van der Waals surface area contributed by atoms with Gasteiger partial charge in [0.1, 0.15) is 11.5 Å². The number of nitrogens with zero attached hydrogens (tertiary/aromatic N) is 1. The first-order chi connectivity index (χ1) is 15.4. The Bertz CT molecular complexity index is 1370. The fourth-order valence-electron chi connectivity index (χ4n) is 3.16. The maximum atomic E-state index is 12.5. The lowest BCUT2D eigenvalue weighted by Gasteiger charge is -2.07. The van der Waals surface area contributed by atoms with Gasteiger partial charge < -0.3 is 15.4 Å². The molecule has 0 saturated carbocycles. The number of hydrogen-bond acceptors (Lipinski definition) is 4. The number of aryl methyl sites for hydroxylation is 1. The summed E-state index contributed by atoms with van der Waals surface area (Å²) in [4.78, 5) is 32.1. The number of carbonyl (C=O) groups is 1. The Morgan fingerprint density at radius 1 is 1.06 bits per heavy atom. The fourth-order valence-corrected chi connectivity index (χ4v) is 3.29. The number of aliphatic hydroxyl groups is 1. The molecule has 7 heteroatoms. The molecule has 3 aromatic carbocycles. The van der Waals surface area contributed by atoms with Gasteiger partial charge in [0.2, 0.25) is 0 Å². The van der Waals surface area contributed by atoms with Gasteiger partial charge >= 0.3 is 0 Å². The van der Waals surface area contributed by atoms with E-state index in [0.717, 1.165) is 11.1 Å². The van der Waals surface area contributed by atoms with Crippen molar-refractivity contribution < 1.29 is 9.90 Å². The summed E-state index contributed by atoms with van der Waals surface area (Å²) >= 11 is 5.86. The van der Waals surface area contributed by atoms with E-state index < -0.39 is 5.56 Å². The smallest absolute Gasteiger partial charge is 0.274 e. The predicted octanol–water partition coefficient (Wildman–Crippen LogP) is 4.87. The van der Waals surface area contributed by atoms with E-state index in [-0.39, 0.29) is 17.4 Å². The van der Waals surface area contributed by atoms with Gasteiger partial charge in [-0.2, -0.15) is 0 Å². The molecule has 0 bridgehead atoms. The lowest BCUT2D eigenvalue weighted by Crippen LogP contribution is -2.23. The maximum absolute atomic E-state index is 12.5. The molecule has 0 aliphatic rings. The number of aromatic nitrogens is 2. The summed E-state index contributed by atoms with van der Waals surface area (Å²) in [6.45, 7) is 2.41. The minimum absolute atomic E-state index is 0.0570. The summed E-state index contributed by atoms with van der Waals surface area (Å²) < 4.78 is 0. The van der Waals surface area contributed by atoms with Gasteiger partial charge in [-0.3, -0.25) is 9.59 Å². The molecule has 0 fully saturated rings. The highest BCUT2D eigenvalue weighted by molar-refractivity contribution is 6.30. The van der Waals surface area contributed by atoms with E-state index in [1.54, 1.807) is 42.5 Å². The number of aliphatic hydroxyl groups excluding tert-OH is 1. The van der Waals surface area contributed by atoms with Crippen molar-refractivity contribution in [2.24, 2.45) is 0 Å². The summed E-state index contributed by atoms with van der Waals surface area (Å²) in [5.41, 5.74) is 3.58. The van der Waals surface area contributed by atoms with Gasteiger partial charge in [0.25, 0.3) is 11.5 Å². The largest absolute Gasteiger partial charge is 0.507 e. The van der Waals surface area contributed by atoms with Crippen LogP contribution in [0.25, 0.3) is 22.9 Å². The molecule has 1 aromatic heterocycles. The zero-order valence-electron chi connectivity index (χ0n) is 17.2. The van der Waals surface area contributed by atoms with Gasteiger partial charge in [0, 0.05) is 28.8 Å². The molecule has 0 unspecified atom stereocenters. The number of H-pyrrole nitrogens is 1. The molecule has 4 rings (SSSR count). The van der Waals surface area contributed by atoms with Crippen LogP contribution in [0.5, 0.6) is 0 Å². The average Bonchev–Trinajstić information content (AvgIpc) is 2.79. The zero-order chi connectivity index (χ0) is 22.7. The molecule has 32 heavy (non-hydrogen) atoms. The predicted molar refractivity (Wildman–Crippen MR) is 127 cm³/mol. The van der Waals surface area contributed by atoms with Crippen molar-refractivity contribution in [3.05, 3.63) is 110 Å². The molecular formula is C25H20ClN3O3. The molecule has 1 amide bonds. The number of nitrogens with one attached hydrogen (secondary N) is 2. The second-order valence-electron chi connectivity index (χ2n) is 7.39. The summed E-state index contributed by atoms with van der Waals surface area (Å²) in [5, 5.41) is 13.7.